The maximum atomic E-state index is 5.83. The summed E-state index contributed by atoms with van der Waals surface area (Å²) in [5, 5.41) is 0. The first-order valence-corrected chi connectivity index (χ1v) is 6.75. The van der Waals surface area contributed by atoms with E-state index in [1.54, 1.807) is 0 Å². The molecule has 0 N–H and O–H groups in total. The highest BCUT2D eigenvalue weighted by Gasteiger charge is 2.23. The fourth-order valence-corrected chi connectivity index (χ4v) is 2.41. The van der Waals surface area contributed by atoms with Crippen LogP contribution in [0.2, 0.25) is 0 Å². The molecule has 0 saturated heterocycles. The van der Waals surface area contributed by atoms with Crippen molar-refractivity contribution in [3.8, 4) is 18.1 Å². The smallest absolute Gasteiger partial charge is 0.142 e. The minimum absolute atomic E-state index is 0.356. The average Bonchev–Trinajstić information content (AvgIpc) is 2.42. The van der Waals surface area contributed by atoms with E-state index in [2.05, 4.69) is 48.1 Å². The fraction of sp³-hybridized carbons (Fsp3) is 0.412. The van der Waals surface area contributed by atoms with Crippen LogP contribution >= 0.6 is 0 Å². The second-order valence-corrected chi connectivity index (χ2v) is 5.00. The molecule has 0 aromatic heterocycles. The second kappa shape index (κ2) is 6.45. The number of aryl methyl sites for hydroxylation is 1. The second-order valence-electron chi connectivity index (χ2n) is 5.00. The molecule has 2 nitrogen and oxygen atoms in total. The number of fused-ring (bicyclic) bond motifs is 1. The molecule has 0 saturated carbocycles. The molecule has 0 fully saturated rings. The van der Waals surface area contributed by atoms with Crippen LogP contribution in [0.5, 0.6) is 5.75 Å². The highest BCUT2D eigenvalue weighted by Crippen LogP contribution is 2.28. The molecule has 1 aliphatic heterocycles. The third kappa shape index (κ3) is 3.39. The zero-order valence-corrected chi connectivity index (χ0v) is 11.7. The molecule has 0 amide bonds. The third-order valence-electron chi connectivity index (χ3n) is 3.49. The Kier molecular flexibility index (Phi) is 4.65. The van der Waals surface area contributed by atoms with Gasteiger partial charge in [0.25, 0.3) is 0 Å². The summed E-state index contributed by atoms with van der Waals surface area (Å²) in [5.41, 5.74) is 2.53. The molecule has 19 heavy (non-hydrogen) atoms. The number of nitrogens with zero attached hydrogens (tertiary/aromatic N) is 1. The molecule has 1 heterocycles. The Morgan fingerprint density at radius 1 is 1.53 bits per heavy atom. The van der Waals surface area contributed by atoms with Gasteiger partial charge in [-0.05, 0) is 26.3 Å². The van der Waals surface area contributed by atoms with Crippen molar-refractivity contribution in [3.63, 3.8) is 0 Å². The summed E-state index contributed by atoms with van der Waals surface area (Å²) in [4.78, 5) is 2.32. The normalized spacial score (nSPS) is 16.7. The molecule has 2 heteroatoms. The number of benzene rings is 1. The van der Waals surface area contributed by atoms with E-state index in [9.17, 15) is 0 Å². The molecule has 0 radical (unpaired) electrons. The molecule has 0 spiro atoms. The van der Waals surface area contributed by atoms with E-state index in [1.807, 2.05) is 6.92 Å². The maximum Gasteiger partial charge on any atom is 0.142 e. The fourth-order valence-electron chi connectivity index (χ4n) is 2.41. The van der Waals surface area contributed by atoms with Gasteiger partial charge < -0.3 is 4.74 Å². The minimum atomic E-state index is 0.356. The lowest BCUT2D eigenvalue weighted by atomic mass is 10.0. The van der Waals surface area contributed by atoms with E-state index in [-0.39, 0.29) is 0 Å². The van der Waals surface area contributed by atoms with Gasteiger partial charge in [-0.1, -0.05) is 29.8 Å². The standard InChI is InChI=1S/C17H21NO/c1-4-6-8-16(7-5-2)18-12-15-11-14(3)9-10-17(15)19-13-18/h2,4,6,9-11,16H,7-8,12-13H2,1,3H3/b6-4-. The van der Waals surface area contributed by atoms with Gasteiger partial charge in [0.2, 0.25) is 0 Å². The Morgan fingerprint density at radius 3 is 3.11 bits per heavy atom. The number of allylic oxidation sites excluding steroid dienone is 1. The molecule has 1 aromatic rings. The SMILES string of the molecule is C#CCC(C/C=C\C)N1COc2ccc(C)cc2C1. The molecule has 100 valence electrons. The third-order valence-corrected chi connectivity index (χ3v) is 3.49. The predicted octanol–water partition coefficient (Wildman–Crippen LogP) is 3.51. The lowest BCUT2D eigenvalue weighted by Gasteiger charge is -2.34. The predicted molar refractivity (Wildman–Crippen MR) is 78.9 cm³/mol. The first-order chi connectivity index (χ1) is 9.24. The molecule has 1 aliphatic rings. The van der Waals surface area contributed by atoms with Crippen molar-refractivity contribution in [2.24, 2.45) is 0 Å². The quantitative estimate of drug-likeness (QED) is 0.603. The summed E-state index contributed by atoms with van der Waals surface area (Å²) < 4.78 is 5.83. The van der Waals surface area contributed by atoms with Crippen LogP contribution in [0.3, 0.4) is 0 Å². The molecule has 2 rings (SSSR count). The van der Waals surface area contributed by atoms with Gasteiger partial charge in [-0.3, -0.25) is 4.90 Å². The number of terminal acetylenes is 1. The van der Waals surface area contributed by atoms with Crippen LogP contribution in [0, 0.1) is 19.3 Å². The Labute approximate surface area is 116 Å². The number of hydrogen-bond donors (Lipinski definition) is 0. The van der Waals surface area contributed by atoms with E-state index in [0.29, 0.717) is 12.8 Å². The Morgan fingerprint density at radius 2 is 2.37 bits per heavy atom. The van der Waals surface area contributed by atoms with Crippen LogP contribution in [0.4, 0.5) is 0 Å². The first-order valence-electron chi connectivity index (χ1n) is 6.75. The van der Waals surface area contributed by atoms with E-state index in [1.165, 1.54) is 11.1 Å². The van der Waals surface area contributed by atoms with Crippen LogP contribution in [0.1, 0.15) is 30.9 Å². The molecular weight excluding hydrogens is 234 g/mol. The Hall–Kier alpha value is -1.72. The summed E-state index contributed by atoms with van der Waals surface area (Å²) in [7, 11) is 0. The summed E-state index contributed by atoms with van der Waals surface area (Å²) in [6.45, 7) is 5.69. The molecule has 1 atom stereocenters. The zero-order valence-electron chi connectivity index (χ0n) is 11.7. The lowest BCUT2D eigenvalue weighted by molar-refractivity contribution is 0.0580. The van der Waals surface area contributed by atoms with Crippen LogP contribution in [0.15, 0.2) is 30.4 Å². The Bertz CT molecular complexity index is 498. The van der Waals surface area contributed by atoms with Gasteiger partial charge in [0.05, 0.1) is 0 Å². The summed E-state index contributed by atoms with van der Waals surface area (Å²) in [6, 6.07) is 6.71. The summed E-state index contributed by atoms with van der Waals surface area (Å²) in [6.07, 6.45) is 11.5. The van der Waals surface area contributed by atoms with Crippen molar-refractivity contribution in [1.82, 2.24) is 4.90 Å². The molecule has 1 aromatic carbocycles. The number of rotatable bonds is 4. The molecule has 1 unspecified atom stereocenters. The largest absolute Gasteiger partial charge is 0.478 e. The van der Waals surface area contributed by atoms with Gasteiger partial charge in [0.1, 0.15) is 12.5 Å². The van der Waals surface area contributed by atoms with Gasteiger partial charge in [-0.2, -0.15) is 0 Å². The topological polar surface area (TPSA) is 12.5 Å². The highest BCUT2D eigenvalue weighted by molar-refractivity contribution is 5.37. The summed E-state index contributed by atoms with van der Waals surface area (Å²) in [5.74, 6) is 3.79. The van der Waals surface area contributed by atoms with Gasteiger partial charge in [-0.25, -0.2) is 0 Å². The van der Waals surface area contributed by atoms with Gasteiger partial charge in [0, 0.05) is 24.6 Å². The van der Waals surface area contributed by atoms with Gasteiger partial charge in [0.15, 0.2) is 0 Å². The van der Waals surface area contributed by atoms with Crippen LogP contribution in [0.25, 0.3) is 0 Å². The van der Waals surface area contributed by atoms with E-state index in [4.69, 9.17) is 11.2 Å². The number of ether oxygens (including phenoxy) is 1. The van der Waals surface area contributed by atoms with Crippen molar-refractivity contribution in [2.75, 3.05) is 6.73 Å². The number of hydrogen-bond acceptors (Lipinski definition) is 2. The van der Waals surface area contributed by atoms with Crippen molar-refractivity contribution in [1.29, 1.82) is 0 Å². The van der Waals surface area contributed by atoms with Gasteiger partial charge >= 0.3 is 0 Å². The molecule has 0 aliphatic carbocycles. The summed E-state index contributed by atoms with van der Waals surface area (Å²) >= 11 is 0. The first kappa shape index (κ1) is 13.7. The minimum Gasteiger partial charge on any atom is -0.478 e. The molecule has 0 bridgehead atoms. The van der Waals surface area contributed by atoms with Crippen molar-refractivity contribution in [2.45, 2.75) is 39.3 Å². The van der Waals surface area contributed by atoms with Crippen LogP contribution in [-0.2, 0) is 6.54 Å². The van der Waals surface area contributed by atoms with Crippen molar-refractivity contribution < 1.29 is 4.74 Å². The lowest BCUT2D eigenvalue weighted by Crippen LogP contribution is -2.40. The van der Waals surface area contributed by atoms with Gasteiger partial charge in [-0.15, -0.1) is 12.3 Å². The Balaban J connectivity index is 2.12. The zero-order chi connectivity index (χ0) is 13.7. The highest BCUT2D eigenvalue weighted by atomic mass is 16.5. The van der Waals surface area contributed by atoms with E-state index < -0.39 is 0 Å². The van der Waals surface area contributed by atoms with E-state index >= 15 is 0 Å². The van der Waals surface area contributed by atoms with Crippen LogP contribution < -0.4 is 4.74 Å². The van der Waals surface area contributed by atoms with Crippen molar-refractivity contribution in [3.05, 3.63) is 41.5 Å². The molecular formula is C17H21NO. The monoisotopic (exact) mass is 255 g/mol. The van der Waals surface area contributed by atoms with Crippen LogP contribution in [-0.4, -0.2) is 17.7 Å². The van der Waals surface area contributed by atoms with Crippen molar-refractivity contribution >= 4 is 0 Å². The van der Waals surface area contributed by atoms with E-state index in [0.717, 1.165) is 25.1 Å². The average molecular weight is 255 g/mol. The maximum absolute atomic E-state index is 5.83.